The summed E-state index contributed by atoms with van der Waals surface area (Å²) >= 11 is 0. The average Bonchev–Trinajstić information content (AvgIpc) is 3.03. The highest BCUT2D eigenvalue weighted by Gasteiger charge is 2.50. The second-order valence-electron chi connectivity index (χ2n) is 7.37. The average molecular weight is 293 g/mol. The number of hydrogen-bond acceptors (Lipinski definition) is 1. The van der Waals surface area contributed by atoms with Crippen LogP contribution in [0.1, 0.15) is 45.1 Å². The van der Waals surface area contributed by atoms with Crippen LogP contribution in [0.25, 0.3) is 0 Å². The van der Waals surface area contributed by atoms with Gasteiger partial charge in [0.1, 0.15) is 0 Å². The minimum absolute atomic E-state index is 0.113. The highest BCUT2D eigenvalue weighted by molar-refractivity contribution is 5.22. The van der Waals surface area contributed by atoms with Crippen molar-refractivity contribution in [1.29, 1.82) is 0 Å². The van der Waals surface area contributed by atoms with Gasteiger partial charge >= 0.3 is 0 Å². The molecule has 2 fully saturated rings. The third-order valence-electron chi connectivity index (χ3n) is 5.54. The molecule has 21 heavy (non-hydrogen) atoms. The van der Waals surface area contributed by atoms with E-state index in [1.807, 2.05) is 0 Å². The molecule has 0 amide bonds. The van der Waals surface area contributed by atoms with Gasteiger partial charge in [0.05, 0.1) is 0 Å². The van der Waals surface area contributed by atoms with Crippen LogP contribution in [0.5, 0.6) is 0 Å². The van der Waals surface area contributed by atoms with E-state index in [9.17, 15) is 8.78 Å². The summed E-state index contributed by atoms with van der Waals surface area (Å²) in [6.07, 6.45) is 5.67. The number of hydrogen-bond donors (Lipinski definition) is 1. The molecule has 0 aliphatic heterocycles. The number of benzene rings is 1. The van der Waals surface area contributed by atoms with Crippen molar-refractivity contribution in [2.24, 2.45) is 17.3 Å². The summed E-state index contributed by atoms with van der Waals surface area (Å²) in [5, 5.41) is 3.55. The molecule has 2 aliphatic rings. The first-order chi connectivity index (χ1) is 10.00. The predicted molar refractivity (Wildman–Crippen MR) is 81.1 cm³/mol. The fourth-order valence-corrected chi connectivity index (χ4v) is 4.53. The Morgan fingerprint density at radius 2 is 2.10 bits per heavy atom. The van der Waals surface area contributed by atoms with Crippen LogP contribution in [-0.4, -0.2) is 12.6 Å². The van der Waals surface area contributed by atoms with Gasteiger partial charge in [0.15, 0.2) is 11.6 Å². The Balaban J connectivity index is 1.84. The van der Waals surface area contributed by atoms with Gasteiger partial charge in [0, 0.05) is 12.6 Å². The summed E-state index contributed by atoms with van der Waals surface area (Å²) in [6, 6.07) is 5.02. The Bertz CT molecular complexity index is 514. The molecule has 1 aromatic carbocycles. The lowest BCUT2D eigenvalue weighted by Gasteiger charge is -2.39. The van der Waals surface area contributed by atoms with Gasteiger partial charge in [0.25, 0.3) is 0 Å². The van der Waals surface area contributed by atoms with Crippen molar-refractivity contribution in [2.75, 3.05) is 6.54 Å². The van der Waals surface area contributed by atoms with Crippen LogP contribution in [0.2, 0.25) is 0 Å². The van der Waals surface area contributed by atoms with E-state index < -0.39 is 11.6 Å². The largest absolute Gasteiger partial charge is 0.314 e. The molecule has 2 bridgehead atoms. The molecule has 0 spiro atoms. The monoisotopic (exact) mass is 293 g/mol. The lowest BCUT2D eigenvalue weighted by Crippen LogP contribution is -2.42. The molecule has 0 aromatic heterocycles. The number of halogens is 2. The van der Waals surface area contributed by atoms with E-state index in [2.05, 4.69) is 19.2 Å². The van der Waals surface area contributed by atoms with Gasteiger partial charge < -0.3 is 5.32 Å². The van der Waals surface area contributed by atoms with Crippen molar-refractivity contribution in [1.82, 2.24) is 5.32 Å². The van der Waals surface area contributed by atoms with Gasteiger partial charge in [-0.15, -0.1) is 0 Å². The molecule has 0 heterocycles. The van der Waals surface area contributed by atoms with Crippen LogP contribution in [0.3, 0.4) is 0 Å². The summed E-state index contributed by atoms with van der Waals surface area (Å²) in [6.45, 7) is 5.20. The number of fused-ring (bicyclic) bond motifs is 2. The minimum Gasteiger partial charge on any atom is -0.314 e. The summed E-state index contributed by atoms with van der Waals surface area (Å²) in [5.74, 6) is 0.0869. The minimum atomic E-state index is -0.720. The third-order valence-corrected chi connectivity index (χ3v) is 5.54. The van der Waals surface area contributed by atoms with Crippen LogP contribution in [0.4, 0.5) is 8.78 Å². The van der Waals surface area contributed by atoms with E-state index in [0.29, 0.717) is 23.9 Å². The molecule has 1 N–H and O–H groups in total. The maximum Gasteiger partial charge on any atom is 0.162 e. The van der Waals surface area contributed by atoms with E-state index in [0.717, 1.165) is 18.9 Å². The van der Waals surface area contributed by atoms with Crippen molar-refractivity contribution >= 4 is 0 Å². The fraction of sp³-hybridized carbons (Fsp3) is 0.667. The molecule has 116 valence electrons. The Morgan fingerprint density at radius 3 is 2.71 bits per heavy atom. The quantitative estimate of drug-likeness (QED) is 0.853. The van der Waals surface area contributed by atoms with Crippen molar-refractivity contribution in [3.8, 4) is 0 Å². The molecule has 0 saturated heterocycles. The highest BCUT2D eigenvalue weighted by atomic mass is 19.2. The van der Waals surface area contributed by atoms with Gasteiger partial charge in [-0.3, -0.25) is 0 Å². The topological polar surface area (TPSA) is 12.0 Å². The van der Waals surface area contributed by atoms with E-state index in [4.69, 9.17) is 0 Å². The van der Waals surface area contributed by atoms with Gasteiger partial charge in [-0.05, 0) is 54.6 Å². The second kappa shape index (κ2) is 5.68. The smallest absolute Gasteiger partial charge is 0.162 e. The first kappa shape index (κ1) is 15.0. The first-order valence-corrected chi connectivity index (χ1v) is 8.16. The molecular formula is C18H25F2N. The zero-order valence-electron chi connectivity index (χ0n) is 13.0. The van der Waals surface area contributed by atoms with Crippen LogP contribution < -0.4 is 5.32 Å². The molecule has 2 saturated carbocycles. The zero-order valence-corrected chi connectivity index (χ0v) is 13.0. The van der Waals surface area contributed by atoms with Gasteiger partial charge in [-0.2, -0.15) is 0 Å². The molecule has 3 atom stereocenters. The Morgan fingerprint density at radius 1 is 1.29 bits per heavy atom. The molecule has 1 aromatic rings. The van der Waals surface area contributed by atoms with E-state index >= 15 is 0 Å². The normalized spacial score (nSPS) is 31.3. The van der Waals surface area contributed by atoms with E-state index in [1.54, 1.807) is 12.1 Å². The third kappa shape index (κ3) is 2.85. The summed E-state index contributed by atoms with van der Waals surface area (Å²) in [4.78, 5) is 0. The Labute approximate surface area is 126 Å². The lowest BCUT2D eigenvalue weighted by molar-refractivity contribution is 0.150. The van der Waals surface area contributed by atoms with Gasteiger partial charge in [-0.1, -0.05) is 32.4 Å². The molecule has 2 aliphatic carbocycles. The standard InChI is InChI=1S/C18H25F2N/c1-12(2)21-11-18(9-13-6-7-15(18)8-13)10-14-4-3-5-16(19)17(14)20/h3-5,12-13,15,21H,6-11H2,1-2H3. The Hall–Kier alpha value is -0.960. The maximum atomic E-state index is 14.1. The Kier molecular flexibility index (Phi) is 4.04. The molecule has 3 rings (SSSR count). The number of rotatable bonds is 5. The molecule has 1 nitrogen and oxygen atoms in total. The summed E-state index contributed by atoms with van der Waals surface area (Å²) in [7, 11) is 0. The first-order valence-electron chi connectivity index (χ1n) is 8.16. The SMILES string of the molecule is CC(C)NCC1(Cc2cccc(F)c2F)CC2CCC1C2. The van der Waals surface area contributed by atoms with Crippen molar-refractivity contribution < 1.29 is 8.78 Å². The molecule has 3 heteroatoms. The van der Waals surface area contributed by atoms with Crippen LogP contribution >= 0.6 is 0 Å². The van der Waals surface area contributed by atoms with Crippen molar-refractivity contribution in [2.45, 2.75) is 52.0 Å². The second-order valence-corrected chi connectivity index (χ2v) is 7.37. The van der Waals surface area contributed by atoms with Gasteiger partial charge in [-0.25, -0.2) is 8.78 Å². The predicted octanol–water partition coefficient (Wildman–Crippen LogP) is 4.31. The van der Waals surface area contributed by atoms with E-state index in [1.165, 1.54) is 25.3 Å². The lowest BCUT2D eigenvalue weighted by atomic mass is 9.69. The highest BCUT2D eigenvalue weighted by Crippen LogP contribution is 2.57. The van der Waals surface area contributed by atoms with Crippen molar-refractivity contribution in [3.63, 3.8) is 0 Å². The summed E-state index contributed by atoms with van der Waals surface area (Å²) in [5.41, 5.74) is 0.662. The molecule has 0 radical (unpaired) electrons. The number of nitrogens with one attached hydrogen (secondary N) is 1. The van der Waals surface area contributed by atoms with Crippen molar-refractivity contribution in [3.05, 3.63) is 35.4 Å². The van der Waals surface area contributed by atoms with E-state index in [-0.39, 0.29) is 5.41 Å². The van der Waals surface area contributed by atoms with Gasteiger partial charge in [0.2, 0.25) is 0 Å². The van der Waals surface area contributed by atoms with Crippen LogP contribution in [0.15, 0.2) is 18.2 Å². The zero-order chi connectivity index (χ0) is 15.0. The molecular weight excluding hydrogens is 268 g/mol. The maximum absolute atomic E-state index is 14.1. The molecule has 3 unspecified atom stereocenters. The fourth-order valence-electron chi connectivity index (χ4n) is 4.53. The van der Waals surface area contributed by atoms with Crippen LogP contribution in [-0.2, 0) is 6.42 Å². The van der Waals surface area contributed by atoms with Crippen LogP contribution in [0, 0.1) is 28.9 Å². The summed E-state index contributed by atoms with van der Waals surface area (Å²) < 4.78 is 27.6.